The van der Waals surface area contributed by atoms with Crippen molar-refractivity contribution in [3.8, 4) is 5.75 Å². The van der Waals surface area contributed by atoms with Gasteiger partial charge >= 0.3 is 0 Å². The molecule has 1 N–H and O–H groups in total. The van der Waals surface area contributed by atoms with Gasteiger partial charge in [-0.25, -0.2) is 0 Å². The van der Waals surface area contributed by atoms with Crippen LogP contribution >= 0.6 is 0 Å². The lowest BCUT2D eigenvalue weighted by molar-refractivity contribution is -0.118. The van der Waals surface area contributed by atoms with Crippen LogP contribution in [0, 0.1) is 0 Å². The molecule has 0 aliphatic carbocycles. The summed E-state index contributed by atoms with van der Waals surface area (Å²) < 4.78 is 7.15. The molecule has 0 saturated carbocycles. The van der Waals surface area contributed by atoms with Gasteiger partial charge in [-0.05, 0) is 18.1 Å². The fraction of sp³-hybridized carbons (Fsp3) is 0.286. The first-order valence-electron chi connectivity index (χ1n) is 6.19. The highest BCUT2D eigenvalue weighted by Gasteiger charge is 2.07. The molecule has 1 amide bonds. The van der Waals surface area contributed by atoms with Crippen molar-refractivity contribution in [1.29, 1.82) is 0 Å². The van der Waals surface area contributed by atoms with Crippen LogP contribution in [-0.2, 0) is 18.3 Å². The summed E-state index contributed by atoms with van der Waals surface area (Å²) in [6.45, 7) is 2.03. The molecule has 0 fully saturated rings. The molecule has 0 bridgehead atoms. The number of rotatable bonds is 5. The van der Waals surface area contributed by atoms with E-state index < -0.39 is 0 Å². The predicted octanol–water partition coefficient (Wildman–Crippen LogP) is 2.00. The van der Waals surface area contributed by atoms with Crippen molar-refractivity contribution in [1.82, 2.24) is 9.78 Å². The van der Waals surface area contributed by atoms with Crippen LogP contribution in [0.5, 0.6) is 5.75 Å². The van der Waals surface area contributed by atoms with Crippen LogP contribution in [-0.4, -0.2) is 22.3 Å². The molecule has 0 aliphatic rings. The van der Waals surface area contributed by atoms with Gasteiger partial charge in [-0.1, -0.05) is 25.1 Å². The van der Waals surface area contributed by atoms with Gasteiger partial charge in [-0.3, -0.25) is 9.48 Å². The molecular formula is C14H17N3O2. The second-order valence-corrected chi connectivity index (χ2v) is 4.17. The first kappa shape index (κ1) is 13.1. The lowest BCUT2D eigenvalue weighted by atomic mass is 10.1. The first-order chi connectivity index (χ1) is 9.19. The van der Waals surface area contributed by atoms with Crippen molar-refractivity contribution in [2.24, 2.45) is 7.05 Å². The van der Waals surface area contributed by atoms with Crippen LogP contribution in [0.1, 0.15) is 12.5 Å². The van der Waals surface area contributed by atoms with E-state index in [-0.39, 0.29) is 12.5 Å². The van der Waals surface area contributed by atoms with E-state index in [9.17, 15) is 4.79 Å². The maximum absolute atomic E-state index is 11.7. The maximum Gasteiger partial charge on any atom is 0.263 e. The Labute approximate surface area is 112 Å². The molecule has 0 aliphatic heterocycles. The van der Waals surface area contributed by atoms with E-state index in [1.54, 1.807) is 24.0 Å². The highest BCUT2D eigenvalue weighted by atomic mass is 16.5. The minimum absolute atomic E-state index is 0.0203. The summed E-state index contributed by atoms with van der Waals surface area (Å²) in [6, 6.07) is 9.45. The topological polar surface area (TPSA) is 56.1 Å². The number of aryl methyl sites for hydroxylation is 2. The quantitative estimate of drug-likeness (QED) is 0.893. The Bertz CT molecular complexity index is 563. The Balaban J connectivity index is 1.89. The van der Waals surface area contributed by atoms with Crippen LogP contribution in [0.2, 0.25) is 0 Å². The molecule has 1 aromatic heterocycles. The molecule has 1 heterocycles. The number of ether oxygens (including phenoxy) is 1. The summed E-state index contributed by atoms with van der Waals surface area (Å²) in [5, 5.41) is 6.74. The van der Waals surface area contributed by atoms with Crippen molar-refractivity contribution in [2.75, 3.05) is 11.9 Å². The average Bonchev–Trinajstić information content (AvgIpc) is 2.82. The SMILES string of the molecule is CCc1ccccc1OCC(=O)Nc1ccn(C)n1. The van der Waals surface area contributed by atoms with Crippen LogP contribution in [0.3, 0.4) is 0 Å². The summed E-state index contributed by atoms with van der Waals surface area (Å²) in [5.41, 5.74) is 1.09. The monoisotopic (exact) mass is 259 g/mol. The number of para-hydroxylation sites is 1. The number of carbonyl (C=O) groups is 1. The third-order valence-corrected chi connectivity index (χ3v) is 2.69. The van der Waals surface area contributed by atoms with Gasteiger partial charge in [0, 0.05) is 19.3 Å². The molecule has 5 nitrogen and oxygen atoms in total. The van der Waals surface area contributed by atoms with Crippen molar-refractivity contribution in [2.45, 2.75) is 13.3 Å². The van der Waals surface area contributed by atoms with Gasteiger partial charge in [0.2, 0.25) is 0 Å². The second-order valence-electron chi connectivity index (χ2n) is 4.17. The number of carbonyl (C=O) groups excluding carboxylic acids is 1. The molecule has 19 heavy (non-hydrogen) atoms. The van der Waals surface area contributed by atoms with E-state index in [2.05, 4.69) is 17.3 Å². The molecule has 0 saturated heterocycles. The van der Waals surface area contributed by atoms with E-state index in [1.165, 1.54) is 0 Å². The van der Waals surface area contributed by atoms with Crippen LogP contribution in [0.15, 0.2) is 36.5 Å². The van der Waals surface area contributed by atoms with Crippen LogP contribution in [0.4, 0.5) is 5.82 Å². The van der Waals surface area contributed by atoms with Crippen molar-refractivity contribution >= 4 is 11.7 Å². The highest BCUT2D eigenvalue weighted by molar-refractivity contribution is 5.90. The number of hydrogen-bond donors (Lipinski definition) is 1. The van der Waals surface area contributed by atoms with Gasteiger partial charge < -0.3 is 10.1 Å². The minimum Gasteiger partial charge on any atom is -0.483 e. The lowest BCUT2D eigenvalue weighted by Crippen LogP contribution is -2.20. The third kappa shape index (κ3) is 3.58. The average molecular weight is 259 g/mol. The molecule has 5 heteroatoms. The molecule has 2 aromatic rings. The third-order valence-electron chi connectivity index (χ3n) is 2.69. The standard InChI is InChI=1S/C14H17N3O2/c1-3-11-6-4-5-7-12(11)19-10-14(18)15-13-8-9-17(2)16-13/h4-9H,3,10H2,1-2H3,(H,15,16,18). The minimum atomic E-state index is -0.218. The van der Waals surface area contributed by atoms with Crippen molar-refractivity contribution in [3.63, 3.8) is 0 Å². The van der Waals surface area contributed by atoms with E-state index in [1.807, 2.05) is 24.3 Å². The number of aromatic nitrogens is 2. The Morgan fingerprint density at radius 3 is 2.84 bits per heavy atom. The molecule has 2 rings (SSSR count). The highest BCUT2D eigenvalue weighted by Crippen LogP contribution is 2.18. The molecule has 0 unspecified atom stereocenters. The van der Waals surface area contributed by atoms with E-state index >= 15 is 0 Å². The fourth-order valence-corrected chi connectivity index (χ4v) is 1.74. The molecule has 100 valence electrons. The van der Waals surface area contributed by atoms with Gasteiger partial charge in [0.25, 0.3) is 5.91 Å². The zero-order valence-corrected chi connectivity index (χ0v) is 11.1. The molecular weight excluding hydrogens is 242 g/mol. The van der Waals surface area contributed by atoms with Crippen LogP contribution < -0.4 is 10.1 Å². The number of nitrogens with one attached hydrogen (secondary N) is 1. The summed E-state index contributed by atoms with van der Waals surface area (Å²) >= 11 is 0. The predicted molar refractivity (Wildman–Crippen MR) is 73.2 cm³/mol. The normalized spacial score (nSPS) is 10.2. The largest absolute Gasteiger partial charge is 0.483 e. The summed E-state index contributed by atoms with van der Waals surface area (Å²) in [5.74, 6) is 1.06. The Hall–Kier alpha value is -2.30. The van der Waals surface area contributed by atoms with Gasteiger partial charge in [-0.15, -0.1) is 0 Å². The number of nitrogens with zero attached hydrogens (tertiary/aromatic N) is 2. The number of benzene rings is 1. The molecule has 0 atom stereocenters. The van der Waals surface area contributed by atoms with Gasteiger partial charge in [0.15, 0.2) is 12.4 Å². The van der Waals surface area contributed by atoms with E-state index in [0.717, 1.165) is 17.7 Å². The smallest absolute Gasteiger partial charge is 0.263 e. The van der Waals surface area contributed by atoms with Gasteiger partial charge in [0.1, 0.15) is 5.75 Å². The van der Waals surface area contributed by atoms with Gasteiger partial charge in [0.05, 0.1) is 0 Å². The Morgan fingerprint density at radius 1 is 1.37 bits per heavy atom. The number of hydrogen-bond acceptors (Lipinski definition) is 3. The number of anilines is 1. The van der Waals surface area contributed by atoms with Crippen LogP contribution in [0.25, 0.3) is 0 Å². The lowest BCUT2D eigenvalue weighted by Gasteiger charge is -2.09. The summed E-state index contributed by atoms with van der Waals surface area (Å²) in [4.78, 5) is 11.7. The fourth-order valence-electron chi connectivity index (χ4n) is 1.74. The summed E-state index contributed by atoms with van der Waals surface area (Å²) in [6.07, 6.45) is 2.64. The van der Waals surface area contributed by atoms with E-state index in [4.69, 9.17) is 4.74 Å². The zero-order chi connectivity index (χ0) is 13.7. The molecule has 0 spiro atoms. The maximum atomic E-state index is 11.7. The van der Waals surface area contributed by atoms with E-state index in [0.29, 0.717) is 5.82 Å². The van der Waals surface area contributed by atoms with Gasteiger partial charge in [-0.2, -0.15) is 5.10 Å². The molecule has 1 aromatic carbocycles. The zero-order valence-electron chi connectivity index (χ0n) is 11.1. The Kier molecular flexibility index (Phi) is 4.18. The summed E-state index contributed by atoms with van der Waals surface area (Å²) in [7, 11) is 1.80. The Morgan fingerprint density at radius 2 is 2.16 bits per heavy atom. The molecule has 0 radical (unpaired) electrons. The van der Waals surface area contributed by atoms with Crippen molar-refractivity contribution < 1.29 is 9.53 Å². The number of amides is 1. The second kappa shape index (κ2) is 6.04. The first-order valence-corrected chi connectivity index (χ1v) is 6.19. The van der Waals surface area contributed by atoms with Crippen molar-refractivity contribution in [3.05, 3.63) is 42.1 Å².